The minimum atomic E-state index is 0.332. The molecule has 1 saturated heterocycles. The molecule has 2 aliphatic heterocycles. The van der Waals surface area contributed by atoms with Crippen LogP contribution in [0, 0.1) is 0 Å². The number of piperidine rings is 1. The second-order valence-corrected chi connectivity index (χ2v) is 8.44. The number of likely N-dealkylation sites (tertiary alicyclic amines) is 1. The van der Waals surface area contributed by atoms with Gasteiger partial charge in [-0.05, 0) is 57.5 Å². The molecule has 5 heteroatoms. The van der Waals surface area contributed by atoms with Crippen LogP contribution in [-0.2, 0) is 0 Å². The van der Waals surface area contributed by atoms with E-state index in [0.717, 1.165) is 23.3 Å². The van der Waals surface area contributed by atoms with Gasteiger partial charge in [-0.2, -0.15) is 0 Å². The van der Waals surface area contributed by atoms with Gasteiger partial charge in [0, 0.05) is 24.2 Å². The summed E-state index contributed by atoms with van der Waals surface area (Å²) in [5.74, 6) is 0. The molecule has 0 atom stereocenters. The van der Waals surface area contributed by atoms with Gasteiger partial charge in [0.2, 0.25) is 0 Å². The standard InChI is InChI=1S/C21H32N4S/c1-4-13-25(14-5-2)21(3)11-15-24(16-12-21)20-23-17-22-19(26-20)18-9-7-6-8-10-18/h6-10H,4-5,11-17H2,1-3H3. The van der Waals surface area contributed by atoms with Crippen molar-refractivity contribution in [2.24, 2.45) is 9.98 Å². The number of hydrogen-bond acceptors (Lipinski definition) is 5. The van der Waals surface area contributed by atoms with Crippen LogP contribution in [0.15, 0.2) is 40.3 Å². The Hall–Kier alpha value is -1.33. The van der Waals surface area contributed by atoms with Crippen molar-refractivity contribution in [1.29, 1.82) is 0 Å². The highest BCUT2D eigenvalue weighted by Gasteiger charge is 2.36. The number of benzene rings is 1. The van der Waals surface area contributed by atoms with Crippen molar-refractivity contribution in [1.82, 2.24) is 9.80 Å². The van der Waals surface area contributed by atoms with Crippen LogP contribution < -0.4 is 0 Å². The SMILES string of the molecule is CCCN(CCC)C1(C)CCN(C2=NCN=C(c3ccccc3)S2)CC1. The summed E-state index contributed by atoms with van der Waals surface area (Å²) in [7, 11) is 0. The van der Waals surface area contributed by atoms with Crippen molar-refractivity contribution < 1.29 is 0 Å². The number of aliphatic imine (C=N–C) groups is 2. The van der Waals surface area contributed by atoms with Gasteiger partial charge in [0.15, 0.2) is 5.17 Å². The van der Waals surface area contributed by atoms with E-state index in [-0.39, 0.29) is 0 Å². The quantitative estimate of drug-likeness (QED) is 0.738. The van der Waals surface area contributed by atoms with Crippen LogP contribution in [0.1, 0.15) is 52.0 Å². The van der Waals surface area contributed by atoms with Gasteiger partial charge in [-0.15, -0.1) is 0 Å². The minimum Gasteiger partial charge on any atom is -0.351 e. The van der Waals surface area contributed by atoms with Gasteiger partial charge in [-0.1, -0.05) is 44.2 Å². The Morgan fingerprint density at radius 3 is 2.31 bits per heavy atom. The summed E-state index contributed by atoms with van der Waals surface area (Å²) in [5, 5.41) is 2.25. The van der Waals surface area contributed by atoms with Crippen molar-refractivity contribution >= 4 is 22.0 Å². The first-order valence-corrected chi connectivity index (χ1v) is 10.8. The fourth-order valence-electron chi connectivity index (χ4n) is 3.89. The van der Waals surface area contributed by atoms with E-state index in [1.807, 2.05) is 0 Å². The molecule has 0 unspecified atom stereocenters. The summed E-state index contributed by atoms with van der Waals surface area (Å²) in [6, 6.07) is 10.5. The summed E-state index contributed by atoms with van der Waals surface area (Å²) in [5.41, 5.74) is 1.53. The first-order valence-electron chi connectivity index (χ1n) is 9.98. The van der Waals surface area contributed by atoms with Gasteiger partial charge >= 0.3 is 0 Å². The van der Waals surface area contributed by atoms with Gasteiger partial charge in [0.25, 0.3) is 0 Å². The molecule has 0 saturated carbocycles. The second kappa shape index (κ2) is 9.05. The molecule has 4 nitrogen and oxygen atoms in total. The monoisotopic (exact) mass is 372 g/mol. The molecule has 1 aromatic rings. The molecule has 1 fully saturated rings. The maximum Gasteiger partial charge on any atom is 0.167 e. The first-order chi connectivity index (χ1) is 12.7. The maximum atomic E-state index is 4.70. The van der Waals surface area contributed by atoms with Crippen molar-refractivity contribution in [3.05, 3.63) is 35.9 Å². The third-order valence-electron chi connectivity index (χ3n) is 5.49. The fourth-order valence-corrected chi connectivity index (χ4v) is 4.88. The highest BCUT2D eigenvalue weighted by atomic mass is 32.2. The summed E-state index contributed by atoms with van der Waals surface area (Å²) >= 11 is 1.73. The van der Waals surface area contributed by atoms with E-state index in [9.17, 15) is 0 Å². The van der Waals surface area contributed by atoms with Crippen LogP contribution in [0.25, 0.3) is 0 Å². The molecular formula is C21H32N4S. The highest BCUT2D eigenvalue weighted by Crippen LogP contribution is 2.31. The Labute approximate surface area is 162 Å². The van der Waals surface area contributed by atoms with Gasteiger partial charge in [-0.3, -0.25) is 9.89 Å². The Bertz CT molecular complexity index is 627. The lowest BCUT2D eigenvalue weighted by Gasteiger charge is -2.47. The summed E-state index contributed by atoms with van der Waals surface area (Å²) in [6.07, 6.45) is 4.90. The smallest absolute Gasteiger partial charge is 0.167 e. The van der Waals surface area contributed by atoms with E-state index in [4.69, 9.17) is 4.99 Å². The van der Waals surface area contributed by atoms with Gasteiger partial charge in [0.1, 0.15) is 11.7 Å². The largest absolute Gasteiger partial charge is 0.351 e. The Morgan fingerprint density at radius 1 is 1.04 bits per heavy atom. The predicted octanol–water partition coefficient (Wildman–Crippen LogP) is 4.47. The molecular weight excluding hydrogens is 340 g/mol. The highest BCUT2D eigenvalue weighted by molar-refractivity contribution is 8.27. The van der Waals surface area contributed by atoms with E-state index in [1.54, 1.807) is 11.8 Å². The molecule has 0 N–H and O–H groups in total. The van der Waals surface area contributed by atoms with Crippen LogP contribution in [0.4, 0.5) is 0 Å². The van der Waals surface area contributed by atoms with Crippen molar-refractivity contribution in [3.63, 3.8) is 0 Å². The molecule has 2 heterocycles. The molecule has 0 aromatic heterocycles. The van der Waals surface area contributed by atoms with Crippen LogP contribution in [-0.4, -0.2) is 58.4 Å². The summed E-state index contributed by atoms with van der Waals surface area (Å²) in [4.78, 5) is 14.5. The molecule has 0 amide bonds. The third kappa shape index (κ3) is 4.49. The summed E-state index contributed by atoms with van der Waals surface area (Å²) < 4.78 is 0. The second-order valence-electron chi connectivity index (χ2n) is 7.48. The lowest BCUT2D eigenvalue weighted by atomic mass is 9.87. The Balaban J connectivity index is 1.60. The zero-order valence-electron chi connectivity index (χ0n) is 16.4. The predicted molar refractivity (Wildman–Crippen MR) is 114 cm³/mol. The number of thioether (sulfide) groups is 1. The molecule has 3 rings (SSSR count). The van der Waals surface area contributed by atoms with E-state index < -0.39 is 0 Å². The molecule has 142 valence electrons. The molecule has 0 spiro atoms. The van der Waals surface area contributed by atoms with E-state index >= 15 is 0 Å². The lowest BCUT2D eigenvalue weighted by molar-refractivity contribution is 0.0522. The van der Waals surface area contributed by atoms with Crippen molar-refractivity contribution in [3.8, 4) is 0 Å². The van der Waals surface area contributed by atoms with Crippen LogP contribution in [0.2, 0.25) is 0 Å². The first kappa shape index (κ1) is 19.4. The molecule has 1 aromatic carbocycles. The fraction of sp³-hybridized carbons (Fsp3) is 0.619. The zero-order chi connectivity index (χ0) is 18.4. The minimum absolute atomic E-state index is 0.332. The number of rotatable bonds is 6. The van der Waals surface area contributed by atoms with E-state index in [2.05, 4.69) is 65.9 Å². The van der Waals surface area contributed by atoms with Gasteiger partial charge in [0.05, 0.1) is 0 Å². The molecule has 26 heavy (non-hydrogen) atoms. The lowest BCUT2D eigenvalue weighted by Crippen LogP contribution is -2.54. The van der Waals surface area contributed by atoms with E-state index in [1.165, 1.54) is 44.3 Å². The van der Waals surface area contributed by atoms with Crippen LogP contribution in [0.3, 0.4) is 0 Å². The normalized spacial score (nSPS) is 20.1. The van der Waals surface area contributed by atoms with Crippen molar-refractivity contribution in [2.45, 2.75) is 52.0 Å². The zero-order valence-corrected chi connectivity index (χ0v) is 17.3. The molecule has 0 aliphatic carbocycles. The maximum absolute atomic E-state index is 4.70. The molecule has 2 aliphatic rings. The molecule has 0 radical (unpaired) electrons. The number of nitrogens with zero attached hydrogens (tertiary/aromatic N) is 4. The average molecular weight is 373 g/mol. The molecule has 0 bridgehead atoms. The van der Waals surface area contributed by atoms with Gasteiger partial charge in [-0.25, -0.2) is 4.99 Å². The van der Waals surface area contributed by atoms with Crippen molar-refractivity contribution in [2.75, 3.05) is 32.8 Å². The van der Waals surface area contributed by atoms with E-state index in [0.29, 0.717) is 12.2 Å². The topological polar surface area (TPSA) is 31.2 Å². The van der Waals surface area contributed by atoms with Crippen LogP contribution in [0.5, 0.6) is 0 Å². The summed E-state index contributed by atoms with van der Waals surface area (Å²) in [6.45, 7) is 12.2. The Kier molecular flexibility index (Phi) is 6.76. The number of hydrogen-bond donors (Lipinski definition) is 0. The Morgan fingerprint density at radius 2 is 1.69 bits per heavy atom. The van der Waals surface area contributed by atoms with Crippen LogP contribution >= 0.6 is 11.8 Å². The van der Waals surface area contributed by atoms with Gasteiger partial charge < -0.3 is 4.90 Å². The third-order valence-corrected chi connectivity index (χ3v) is 6.62. The number of amidine groups is 1. The average Bonchev–Trinajstić information content (AvgIpc) is 2.69.